The number of carbonyl (C=O) groups excluding carboxylic acids is 1. The standard InChI is InChI=1S/C20H16N2O5/c1-3-11-7-8-15-14(9-11)18(23)16-17(21(2)20(24)19(16)27-15)12-5-4-6-13(10-12)22(25)26/h4-10,17H,3H2,1-2H3. The Balaban J connectivity index is 1.99. The molecule has 0 saturated carbocycles. The highest BCUT2D eigenvalue weighted by atomic mass is 16.6. The molecule has 136 valence electrons. The van der Waals surface area contributed by atoms with Gasteiger partial charge in [0.2, 0.25) is 5.76 Å². The number of amides is 1. The Morgan fingerprint density at radius 2 is 1.96 bits per heavy atom. The van der Waals surface area contributed by atoms with Gasteiger partial charge in [-0.2, -0.15) is 0 Å². The summed E-state index contributed by atoms with van der Waals surface area (Å²) in [7, 11) is 1.56. The zero-order valence-corrected chi connectivity index (χ0v) is 14.8. The molecule has 0 aliphatic carbocycles. The summed E-state index contributed by atoms with van der Waals surface area (Å²) in [5, 5.41) is 11.5. The Morgan fingerprint density at radius 1 is 1.19 bits per heavy atom. The smallest absolute Gasteiger partial charge is 0.290 e. The average molecular weight is 364 g/mol. The van der Waals surface area contributed by atoms with Crippen LogP contribution in [-0.2, 0) is 6.42 Å². The predicted molar refractivity (Wildman–Crippen MR) is 98.9 cm³/mol. The van der Waals surface area contributed by atoms with Crippen molar-refractivity contribution in [3.8, 4) is 0 Å². The molecule has 0 N–H and O–H groups in total. The second kappa shape index (κ2) is 6.05. The summed E-state index contributed by atoms with van der Waals surface area (Å²) in [6.07, 6.45) is 0.763. The molecule has 3 aromatic rings. The van der Waals surface area contributed by atoms with Crippen molar-refractivity contribution in [3.05, 3.63) is 85.3 Å². The topological polar surface area (TPSA) is 93.7 Å². The van der Waals surface area contributed by atoms with Crippen molar-refractivity contribution >= 4 is 22.6 Å². The number of nitro benzene ring substituents is 1. The van der Waals surface area contributed by atoms with Crippen LogP contribution in [0.2, 0.25) is 0 Å². The molecule has 0 radical (unpaired) electrons. The normalized spacial score (nSPS) is 16.0. The molecule has 0 saturated heterocycles. The molecule has 27 heavy (non-hydrogen) atoms. The largest absolute Gasteiger partial charge is 0.450 e. The fourth-order valence-corrected chi connectivity index (χ4v) is 3.55. The van der Waals surface area contributed by atoms with E-state index in [2.05, 4.69) is 0 Å². The lowest BCUT2D eigenvalue weighted by Gasteiger charge is -2.20. The van der Waals surface area contributed by atoms with E-state index in [1.165, 1.54) is 17.0 Å². The van der Waals surface area contributed by atoms with Crippen LogP contribution in [-0.4, -0.2) is 22.8 Å². The maximum absolute atomic E-state index is 13.2. The summed E-state index contributed by atoms with van der Waals surface area (Å²) < 4.78 is 5.77. The van der Waals surface area contributed by atoms with Gasteiger partial charge in [0, 0.05) is 19.2 Å². The number of hydrogen-bond acceptors (Lipinski definition) is 5. The quantitative estimate of drug-likeness (QED) is 0.524. The number of non-ortho nitro benzene ring substituents is 1. The Hall–Kier alpha value is -3.48. The van der Waals surface area contributed by atoms with Gasteiger partial charge in [-0.25, -0.2) is 0 Å². The number of benzene rings is 2. The van der Waals surface area contributed by atoms with Gasteiger partial charge in [-0.1, -0.05) is 25.1 Å². The van der Waals surface area contributed by atoms with E-state index in [4.69, 9.17) is 4.42 Å². The lowest BCUT2D eigenvalue weighted by molar-refractivity contribution is -0.384. The summed E-state index contributed by atoms with van der Waals surface area (Å²) in [6, 6.07) is 10.6. The van der Waals surface area contributed by atoms with Crippen molar-refractivity contribution in [2.24, 2.45) is 0 Å². The third-order valence-electron chi connectivity index (χ3n) is 4.97. The van der Waals surface area contributed by atoms with Crippen LogP contribution >= 0.6 is 0 Å². The lowest BCUT2D eigenvalue weighted by Crippen LogP contribution is -2.25. The molecule has 1 aliphatic rings. The second-order valence-electron chi connectivity index (χ2n) is 6.53. The third-order valence-corrected chi connectivity index (χ3v) is 4.97. The molecular formula is C20H16N2O5. The van der Waals surface area contributed by atoms with Crippen molar-refractivity contribution < 1.29 is 14.1 Å². The highest BCUT2D eigenvalue weighted by Crippen LogP contribution is 2.37. The van der Waals surface area contributed by atoms with Gasteiger partial charge in [-0.3, -0.25) is 19.7 Å². The van der Waals surface area contributed by atoms with Gasteiger partial charge in [-0.15, -0.1) is 0 Å². The molecule has 2 heterocycles. The first-order chi connectivity index (χ1) is 12.9. The van der Waals surface area contributed by atoms with Gasteiger partial charge in [0.15, 0.2) is 5.43 Å². The minimum absolute atomic E-state index is 0.00393. The molecule has 1 aromatic heterocycles. The number of nitrogens with zero attached hydrogens (tertiary/aromatic N) is 2. The van der Waals surface area contributed by atoms with E-state index in [0.29, 0.717) is 16.5 Å². The summed E-state index contributed by atoms with van der Waals surface area (Å²) in [4.78, 5) is 37.9. The van der Waals surface area contributed by atoms with Gasteiger partial charge < -0.3 is 9.32 Å². The summed E-state index contributed by atoms with van der Waals surface area (Å²) in [5.41, 5.74) is 1.69. The van der Waals surface area contributed by atoms with Gasteiger partial charge in [0.05, 0.1) is 21.9 Å². The van der Waals surface area contributed by atoms with Crippen LogP contribution in [0.15, 0.2) is 51.7 Å². The zero-order valence-electron chi connectivity index (χ0n) is 14.8. The highest BCUT2D eigenvalue weighted by Gasteiger charge is 2.41. The molecule has 1 aliphatic heterocycles. The lowest BCUT2D eigenvalue weighted by atomic mass is 9.98. The van der Waals surface area contributed by atoms with Gasteiger partial charge in [-0.05, 0) is 29.7 Å². The van der Waals surface area contributed by atoms with Gasteiger partial charge in [0.25, 0.3) is 11.6 Å². The SMILES string of the molecule is CCc1ccc2oc3c(c(=O)c2c1)C(c1cccc([N+](=O)[O-])c1)N(C)C3=O. The van der Waals surface area contributed by atoms with Gasteiger partial charge >= 0.3 is 0 Å². The number of aryl methyl sites for hydroxylation is 1. The molecule has 0 spiro atoms. The van der Waals surface area contributed by atoms with Crippen LogP contribution in [0.4, 0.5) is 5.69 Å². The number of carbonyl (C=O) groups is 1. The summed E-state index contributed by atoms with van der Waals surface area (Å²) >= 11 is 0. The van der Waals surface area contributed by atoms with Crippen LogP contribution in [0, 0.1) is 10.1 Å². The number of fused-ring (bicyclic) bond motifs is 2. The molecule has 2 aromatic carbocycles. The Labute approximate surface area is 154 Å². The molecule has 7 nitrogen and oxygen atoms in total. The molecule has 7 heteroatoms. The van der Waals surface area contributed by atoms with Crippen molar-refractivity contribution in [2.75, 3.05) is 7.05 Å². The molecule has 0 fully saturated rings. The van der Waals surface area contributed by atoms with Crippen LogP contribution in [0.5, 0.6) is 0 Å². The molecule has 0 bridgehead atoms. The van der Waals surface area contributed by atoms with Crippen LogP contribution in [0.25, 0.3) is 11.0 Å². The zero-order chi connectivity index (χ0) is 19.3. The monoisotopic (exact) mass is 364 g/mol. The van der Waals surface area contributed by atoms with Gasteiger partial charge in [0.1, 0.15) is 5.58 Å². The van der Waals surface area contributed by atoms with E-state index in [1.807, 2.05) is 13.0 Å². The fourth-order valence-electron chi connectivity index (χ4n) is 3.55. The third kappa shape index (κ3) is 2.51. The Bertz CT molecular complexity index is 1160. The first-order valence-corrected chi connectivity index (χ1v) is 8.53. The number of hydrogen-bond donors (Lipinski definition) is 0. The van der Waals surface area contributed by atoms with Crippen LogP contribution < -0.4 is 5.43 Å². The number of rotatable bonds is 3. The van der Waals surface area contributed by atoms with Crippen LogP contribution in [0.1, 0.15) is 40.2 Å². The number of nitro groups is 1. The van der Waals surface area contributed by atoms with E-state index in [0.717, 1.165) is 12.0 Å². The highest BCUT2D eigenvalue weighted by molar-refractivity contribution is 5.98. The minimum Gasteiger partial charge on any atom is -0.450 e. The molecular weight excluding hydrogens is 348 g/mol. The fraction of sp³-hybridized carbons (Fsp3) is 0.200. The van der Waals surface area contributed by atoms with E-state index in [1.54, 1.807) is 31.3 Å². The van der Waals surface area contributed by atoms with Crippen molar-refractivity contribution in [1.82, 2.24) is 4.90 Å². The Kier molecular flexibility index (Phi) is 3.80. The maximum atomic E-state index is 13.2. The van der Waals surface area contributed by atoms with E-state index in [9.17, 15) is 19.7 Å². The van der Waals surface area contributed by atoms with Crippen molar-refractivity contribution in [3.63, 3.8) is 0 Å². The van der Waals surface area contributed by atoms with E-state index < -0.39 is 16.9 Å². The molecule has 1 atom stereocenters. The van der Waals surface area contributed by atoms with E-state index in [-0.39, 0.29) is 22.4 Å². The van der Waals surface area contributed by atoms with Crippen molar-refractivity contribution in [2.45, 2.75) is 19.4 Å². The first-order valence-electron chi connectivity index (χ1n) is 8.53. The molecule has 4 rings (SSSR count). The maximum Gasteiger partial charge on any atom is 0.290 e. The minimum atomic E-state index is -0.724. The van der Waals surface area contributed by atoms with Crippen molar-refractivity contribution in [1.29, 1.82) is 0 Å². The average Bonchev–Trinajstić information content (AvgIpc) is 2.93. The molecule has 1 amide bonds. The Morgan fingerprint density at radius 3 is 2.67 bits per heavy atom. The predicted octanol–water partition coefficient (Wildman–Crippen LogP) is 3.44. The van der Waals surface area contributed by atoms with E-state index >= 15 is 0 Å². The first kappa shape index (κ1) is 17.0. The molecule has 1 unspecified atom stereocenters. The van der Waals surface area contributed by atoms with Crippen LogP contribution in [0.3, 0.4) is 0 Å². The summed E-state index contributed by atoms with van der Waals surface area (Å²) in [5.74, 6) is -0.421. The summed E-state index contributed by atoms with van der Waals surface area (Å²) in [6.45, 7) is 1.99. The second-order valence-corrected chi connectivity index (χ2v) is 6.53.